The van der Waals surface area contributed by atoms with Gasteiger partial charge in [0.2, 0.25) is 0 Å². The molecule has 0 saturated heterocycles. The number of hydrogen-bond donors (Lipinski definition) is 1. The maximum Gasteiger partial charge on any atom is 0.119 e. The molecule has 2 N–H and O–H groups in total. The second kappa shape index (κ2) is 7.46. The van der Waals surface area contributed by atoms with E-state index in [1.54, 1.807) is 0 Å². The molecule has 1 unspecified atom stereocenters. The number of benzene rings is 1. The molecule has 0 aliphatic heterocycles. The summed E-state index contributed by atoms with van der Waals surface area (Å²) in [5, 5.41) is 0. The van der Waals surface area contributed by atoms with Crippen LogP contribution in [0.3, 0.4) is 0 Å². The van der Waals surface area contributed by atoms with Crippen LogP contribution in [0.4, 0.5) is 0 Å². The first kappa shape index (κ1) is 15.1. The van der Waals surface area contributed by atoms with Crippen LogP contribution in [-0.4, -0.2) is 6.61 Å². The second-order valence-corrected chi connectivity index (χ2v) is 6.21. The van der Waals surface area contributed by atoms with Crippen LogP contribution in [0.2, 0.25) is 0 Å². The topological polar surface area (TPSA) is 35.2 Å². The van der Waals surface area contributed by atoms with Crippen LogP contribution in [0.15, 0.2) is 36.4 Å². The van der Waals surface area contributed by atoms with E-state index in [4.69, 9.17) is 10.5 Å². The molecule has 108 valence electrons. The second-order valence-electron chi connectivity index (χ2n) is 4.95. The minimum absolute atomic E-state index is 0.0310. The van der Waals surface area contributed by atoms with Gasteiger partial charge in [-0.05, 0) is 42.7 Å². The van der Waals surface area contributed by atoms with Gasteiger partial charge in [-0.2, -0.15) is 0 Å². The predicted molar refractivity (Wildman–Crippen MR) is 86.6 cm³/mol. The summed E-state index contributed by atoms with van der Waals surface area (Å²) in [5.74, 6) is 0.917. The minimum Gasteiger partial charge on any atom is -0.494 e. The van der Waals surface area contributed by atoms with Crippen LogP contribution in [0.5, 0.6) is 5.75 Å². The van der Waals surface area contributed by atoms with E-state index in [1.165, 1.54) is 9.75 Å². The van der Waals surface area contributed by atoms with Crippen molar-refractivity contribution >= 4 is 11.3 Å². The Bertz CT molecular complexity index is 535. The van der Waals surface area contributed by atoms with Crippen molar-refractivity contribution < 1.29 is 4.74 Å². The Morgan fingerprint density at radius 3 is 2.65 bits per heavy atom. The van der Waals surface area contributed by atoms with Crippen molar-refractivity contribution in [1.82, 2.24) is 0 Å². The van der Waals surface area contributed by atoms with Crippen molar-refractivity contribution in [3.05, 3.63) is 51.7 Å². The zero-order valence-electron chi connectivity index (χ0n) is 12.3. The standard InChI is InChI=1S/C17H23NOS/c1-3-10-19-14-7-5-6-13(11-14)17(18)12-16-9-8-15(4-2)20-16/h5-9,11,17H,3-4,10,12,18H2,1-2H3. The lowest BCUT2D eigenvalue weighted by Crippen LogP contribution is -2.12. The third kappa shape index (κ3) is 4.09. The maximum atomic E-state index is 6.33. The molecule has 2 rings (SSSR count). The van der Waals surface area contributed by atoms with E-state index in [0.717, 1.165) is 37.2 Å². The molecule has 1 aromatic carbocycles. The number of aryl methyl sites for hydroxylation is 1. The normalized spacial score (nSPS) is 12.3. The Labute approximate surface area is 125 Å². The summed E-state index contributed by atoms with van der Waals surface area (Å²) in [5.41, 5.74) is 7.47. The van der Waals surface area contributed by atoms with Crippen LogP contribution < -0.4 is 10.5 Å². The van der Waals surface area contributed by atoms with Crippen molar-refractivity contribution in [2.45, 2.75) is 39.2 Å². The summed E-state index contributed by atoms with van der Waals surface area (Å²) in [4.78, 5) is 2.78. The van der Waals surface area contributed by atoms with E-state index in [2.05, 4.69) is 38.1 Å². The Morgan fingerprint density at radius 2 is 1.95 bits per heavy atom. The monoisotopic (exact) mass is 289 g/mol. The molecule has 3 heteroatoms. The first-order valence-corrected chi connectivity index (χ1v) is 8.10. The third-order valence-corrected chi connectivity index (χ3v) is 4.50. The first-order chi connectivity index (χ1) is 9.72. The molecule has 0 bridgehead atoms. The van der Waals surface area contributed by atoms with Gasteiger partial charge < -0.3 is 10.5 Å². The molecular weight excluding hydrogens is 266 g/mol. The molecule has 0 aliphatic rings. The van der Waals surface area contributed by atoms with Crippen LogP contribution >= 0.6 is 11.3 Å². The van der Waals surface area contributed by atoms with Gasteiger partial charge in [0.15, 0.2) is 0 Å². The highest BCUT2D eigenvalue weighted by Gasteiger charge is 2.10. The number of rotatable bonds is 7. The van der Waals surface area contributed by atoms with E-state index < -0.39 is 0 Å². The fraction of sp³-hybridized carbons (Fsp3) is 0.412. The summed E-state index contributed by atoms with van der Waals surface area (Å²) >= 11 is 1.86. The zero-order valence-corrected chi connectivity index (χ0v) is 13.1. The third-order valence-electron chi connectivity index (χ3n) is 3.25. The van der Waals surface area contributed by atoms with Crippen molar-refractivity contribution in [1.29, 1.82) is 0 Å². The van der Waals surface area contributed by atoms with Crippen LogP contribution in [0.1, 0.15) is 41.6 Å². The van der Waals surface area contributed by atoms with E-state index in [-0.39, 0.29) is 6.04 Å². The molecule has 0 spiro atoms. The van der Waals surface area contributed by atoms with E-state index in [9.17, 15) is 0 Å². The minimum atomic E-state index is 0.0310. The number of ether oxygens (including phenoxy) is 1. The quantitative estimate of drug-likeness (QED) is 0.823. The first-order valence-electron chi connectivity index (χ1n) is 7.28. The molecule has 0 saturated carbocycles. The SMILES string of the molecule is CCCOc1cccc(C(N)Cc2ccc(CC)s2)c1. The van der Waals surface area contributed by atoms with Gasteiger partial charge in [-0.3, -0.25) is 0 Å². The molecule has 0 amide bonds. The molecule has 0 fully saturated rings. The lowest BCUT2D eigenvalue weighted by Gasteiger charge is -2.13. The molecule has 1 heterocycles. The summed E-state index contributed by atoms with van der Waals surface area (Å²) < 4.78 is 5.66. The highest BCUT2D eigenvalue weighted by molar-refractivity contribution is 7.11. The van der Waals surface area contributed by atoms with Gasteiger partial charge in [0.25, 0.3) is 0 Å². The maximum absolute atomic E-state index is 6.33. The van der Waals surface area contributed by atoms with Crippen LogP contribution in [-0.2, 0) is 12.8 Å². The average molecular weight is 289 g/mol. The summed E-state index contributed by atoms with van der Waals surface area (Å²) in [6.07, 6.45) is 3.01. The fourth-order valence-corrected chi connectivity index (χ4v) is 3.13. The average Bonchev–Trinajstić information content (AvgIpc) is 2.93. The smallest absolute Gasteiger partial charge is 0.119 e. The van der Waals surface area contributed by atoms with E-state index in [1.807, 2.05) is 23.5 Å². The van der Waals surface area contributed by atoms with Crippen molar-refractivity contribution in [3.8, 4) is 5.75 Å². The molecule has 2 aromatic rings. The molecule has 0 aliphatic carbocycles. The summed E-state index contributed by atoms with van der Waals surface area (Å²) in [7, 11) is 0. The number of thiophene rings is 1. The number of hydrogen-bond acceptors (Lipinski definition) is 3. The van der Waals surface area contributed by atoms with Crippen LogP contribution in [0.25, 0.3) is 0 Å². The van der Waals surface area contributed by atoms with Gasteiger partial charge in [-0.15, -0.1) is 11.3 Å². The lowest BCUT2D eigenvalue weighted by atomic mass is 10.0. The van der Waals surface area contributed by atoms with Gasteiger partial charge in [0, 0.05) is 22.2 Å². The molecule has 0 radical (unpaired) electrons. The van der Waals surface area contributed by atoms with Crippen molar-refractivity contribution in [3.63, 3.8) is 0 Å². The highest BCUT2D eigenvalue weighted by Crippen LogP contribution is 2.25. The van der Waals surface area contributed by atoms with Crippen molar-refractivity contribution in [2.24, 2.45) is 5.73 Å². The molecule has 1 aromatic heterocycles. The van der Waals surface area contributed by atoms with Gasteiger partial charge >= 0.3 is 0 Å². The number of nitrogens with two attached hydrogens (primary N) is 1. The predicted octanol–water partition coefficient (Wildman–Crippen LogP) is 4.34. The largest absolute Gasteiger partial charge is 0.494 e. The van der Waals surface area contributed by atoms with Crippen LogP contribution in [0, 0.1) is 0 Å². The molecule has 1 atom stereocenters. The van der Waals surface area contributed by atoms with E-state index in [0.29, 0.717) is 0 Å². The Balaban J connectivity index is 2.02. The molecular formula is C17H23NOS. The van der Waals surface area contributed by atoms with Gasteiger partial charge in [-0.1, -0.05) is 26.0 Å². The Hall–Kier alpha value is -1.32. The molecule has 20 heavy (non-hydrogen) atoms. The van der Waals surface area contributed by atoms with Gasteiger partial charge in [0.1, 0.15) is 5.75 Å². The van der Waals surface area contributed by atoms with E-state index >= 15 is 0 Å². The highest BCUT2D eigenvalue weighted by atomic mass is 32.1. The van der Waals surface area contributed by atoms with Gasteiger partial charge in [0.05, 0.1) is 6.61 Å². The molecule has 2 nitrogen and oxygen atoms in total. The lowest BCUT2D eigenvalue weighted by molar-refractivity contribution is 0.317. The van der Waals surface area contributed by atoms with Gasteiger partial charge in [-0.25, -0.2) is 0 Å². The summed E-state index contributed by atoms with van der Waals surface area (Å²) in [6.45, 7) is 5.05. The Kier molecular flexibility index (Phi) is 5.62. The fourth-order valence-electron chi connectivity index (χ4n) is 2.11. The zero-order chi connectivity index (χ0) is 14.4. The summed E-state index contributed by atoms with van der Waals surface area (Å²) in [6, 6.07) is 12.6. The van der Waals surface area contributed by atoms with Crippen molar-refractivity contribution in [2.75, 3.05) is 6.61 Å². The Morgan fingerprint density at radius 1 is 1.15 bits per heavy atom.